The predicted molar refractivity (Wildman–Crippen MR) is 102 cm³/mol. The molecule has 0 aromatic heterocycles. The number of nitrogen functional groups attached to an aromatic ring is 1. The minimum absolute atomic E-state index is 0.0250. The lowest BCUT2D eigenvalue weighted by molar-refractivity contribution is -0.137. The maximum atomic E-state index is 13.1. The molecule has 9 heteroatoms. The zero-order chi connectivity index (χ0) is 21.2. The minimum atomic E-state index is -4.69. The normalized spacial score (nSPS) is 17.0. The Hall–Kier alpha value is -3.00. The first-order chi connectivity index (χ1) is 13.7. The number of nitrogens with two attached hydrogens (primary N) is 1. The maximum absolute atomic E-state index is 13.1. The van der Waals surface area contributed by atoms with Crippen LogP contribution in [0.5, 0.6) is 0 Å². The quantitative estimate of drug-likeness (QED) is 0.577. The average Bonchev–Trinajstić information content (AvgIpc) is 3.02. The van der Waals surface area contributed by atoms with Crippen molar-refractivity contribution >= 4 is 35.4 Å². The summed E-state index contributed by atoms with van der Waals surface area (Å²) in [6.45, 7) is 0.0409. The van der Waals surface area contributed by atoms with Crippen molar-refractivity contribution in [2.45, 2.75) is 18.6 Å². The Morgan fingerprint density at radius 3 is 2.62 bits per heavy atom. The van der Waals surface area contributed by atoms with Gasteiger partial charge in [-0.15, -0.1) is 0 Å². The fourth-order valence-electron chi connectivity index (χ4n) is 2.98. The summed E-state index contributed by atoms with van der Waals surface area (Å²) in [4.78, 5) is 25.4. The summed E-state index contributed by atoms with van der Waals surface area (Å²) < 4.78 is 44.2. The number of imide groups is 1. The second-order valence-corrected chi connectivity index (χ2v) is 6.83. The van der Waals surface area contributed by atoms with Gasteiger partial charge in [-0.1, -0.05) is 41.9 Å². The van der Waals surface area contributed by atoms with Crippen LogP contribution in [0.3, 0.4) is 0 Å². The molecule has 1 heterocycles. The highest BCUT2D eigenvalue weighted by atomic mass is 35.5. The van der Waals surface area contributed by atoms with Crippen molar-refractivity contribution < 1.29 is 27.5 Å². The lowest BCUT2D eigenvalue weighted by atomic mass is 10.1. The third-order valence-corrected chi connectivity index (χ3v) is 4.70. The van der Waals surface area contributed by atoms with Gasteiger partial charge >= 0.3 is 12.3 Å². The third-order valence-electron chi connectivity index (χ3n) is 4.39. The summed E-state index contributed by atoms with van der Waals surface area (Å²) in [6.07, 6.45) is -2.94. The van der Waals surface area contributed by atoms with Gasteiger partial charge in [-0.25, -0.2) is 9.69 Å². The van der Waals surface area contributed by atoms with Crippen molar-refractivity contribution in [2.75, 3.05) is 12.3 Å². The molecule has 1 saturated heterocycles. The Labute approximate surface area is 169 Å². The summed E-state index contributed by atoms with van der Waals surface area (Å²) in [5.74, 6) is -0.699. The van der Waals surface area contributed by atoms with Gasteiger partial charge in [0.05, 0.1) is 22.3 Å². The molecule has 29 heavy (non-hydrogen) atoms. The molecule has 1 atom stereocenters. The molecule has 1 aliphatic rings. The van der Waals surface area contributed by atoms with Crippen molar-refractivity contribution in [3.8, 4) is 0 Å². The molecule has 0 aliphatic carbocycles. The van der Waals surface area contributed by atoms with Crippen LogP contribution in [0.4, 0.5) is 23.7 Å². The Bertz CT molecular complexity index is 961. The first kappa shape index (κ1) is 20.7. The van der Waals surface area contributed by atoms with Crippen molar-refractivity contribution in [1.29, 1.82) is 0 Å². The molecule has 0 spiro atoms. The zero-order valence-electron chi connectivity index (χ0n) is 14.9. The van der Waals surface area contributed by atoms with Crippen LogP contribution in [0.15, 0.2) is 48.5 Å². The Kier molecular flexibility index (Phi) is 5.83. The van der Waals surface area contributed by atoms with Crippen LogP contribution in [0.25, 0.3) is 6.08 Å². The van der Waals surface area contributed by atoms with Crippen LogP contribution in [-0.2, 0) is 22.1 Å². The number of amides is 2. The van der Waals surface area contributed by atoms with E-state index in [1.165, 1.54) is 6.07 Å². The summed E-state index contributed by atoms with van der Waals surface area (Å²) in [7, 11) is 0. The Morgan fingerprint density at radius 1 is 1.28 bits per heavy atom. The number of anilines is 1. The standard InChI is InChI=1S/C20H16ClF3N2O3/c21-16-10-13(9-15(18(16)25)20(22,23)24)6-7-17(27)26-14(11-29-19(26)28)8-12-4-2-1-3-5-12/h1-7,9-10,14H,8,11,25H2/b7-6+/t14-/m1/s1. The fourth-order valence-corrected chi connectivity index (χ4v) is 3.21. The Balaban J connectivity index is 1.80. The molecule has 2 N–H and O–H groups in total. The van der Waals surface area contributed by atoms with Gasteiger partial charge in [-0.2, -0.15) is 13.2 Å². The number of carbonyl (C=O) groups is 2. The lowest BCUT2D eigenvalue weighted by Crippen LogP contribution is -2.39. The molecular weight excluding hydrogens is 409 g/mol. The molecule has 2 aromatic rings. The van der Waals surface area contributed by atoms with Gasteiger partial charge < -0.3 is 10.5 Å². The molecular formula is C20H16ClF3N2O3. The number of carbonyl (C=O) groups excluding carboxylic acids is 2. The monoisotopic (exact) mass is 424 g/mol. The van der Waals surface area contributed by atoms with Crippen LogP contribution in [0.2, 0.25) is 5.02 Å². The first-order valence-corrected chi connectivity index (χ1v) is 8.93. The SMILES string of the molecule is Nc1c(Cl)cc(/C=C/C(=O)N2C(=O)OC[C@H]2Cc2ccccc2)cc1C(F)(F)F. The highest BCUT2D eigenvalue weighted by Gasteiger charge is 2.37. The van der Waals surface area contributed by atoms with Gasteiger partial charge in [0.2, 0.25) is 0 Å². The van der Waals surface area contributed by atoms with Crippen LogP contribution < -0.4 is 5.73 Å². The number of hydrogen-bond donors (Lipinski definition) is 1. The molecule has 1 aliphatic heterocycles. The summed E-state index contributed by atoms with van der Waals surface area (Å²) in [5, 5.41) is -0.283. The predicted octanol–water partition coefficient (Wildman–Crippen LogP) is 4.54. The smallest absolute Gasteiger partial charge is 0.418 e. The van der Waals surface area contributed by atoms with Gasteiger partial charge in [0.1, 0.15) is 6.61 Å². The van der Waals surface area contributed by atoms with Crippen molar-refractivity contribution in [3.05, 3.63) is 70.3 Å². The highest BCUT2D eigenvalue weighted by Crippen LogP contribution is 2.38. The van der Waals surface area contributed by atoms with Crippen LogP contribution in [0, 0.1) is 0 Å². The number of nitrogens with zero attached hydrogens (tertiary/aromatic N) is 1. The average molecular weight is 425 g/mol. The number of cyclic esters (lactones) is 1. The molecule has 0 unspecified atom stereocenters. The molecule has 1 fully saturated rings. The largest absolute Gasteiger partial charge is 0.447 e. The highest BCUT2D eigenvalue weighted by molar-refractivity contribution is 6.33. The fraction of sp³-hybridized carbons (Fsp3) is 0.200. The van der Waals surface area contributed by atoms with Gasteiger partial charge in [-0.3, -0.25) is 4.79 Å². The summed E-state index contributed by atoms with van der Waals surface area (Å²) in [6, 6.07) is 10.7. The Morgan fingerprint density at radius 2 is 1.97 bits per heavy atom. The molecule has 0 saturated carbocycles. The zero-order valence-corrected chi connectivity index (χ0v) is 15.7. The molecule has 2 aromatic carbocycles. The first-order valence-electron chi connectivity index (χ1n) is 8.55. The van der Waals surface area contributed by atoms with E-state index in [2.05, 4.69) is 0 Å². The molecule has 0 bridgehead atoms. The van der Waals surface area contributed by atoms with E-state index in [1.54, 1.807) is 0 Å². The minimum Gasteiger partial charge on any atom is -0.447 e. The number of hydrogen-bond acceptors (Lipinski definition) is 4. The van der Waals surface area contributed by atoms with E-state index in [9.17, 15) is 22.8 Å². The van der Waals surface area contributed by atoms with Crippen molar-refractivity contribution in [2.24, 2.45) is 0 Å². The molecule has 0 radical (unpaired) electrons. The van der Waals surface area contributed by atoms with E-state index in [4.69, 9.17) is 22.1 Å². The molecule has 3 rings (SSSR count). The van der Waals surface area contributed by atoms with E-state index in [-0.39, 0.29) is 17.2 Å². The second-order valence-electron chi connectivity index (χ2n) is 6.42. The van der Waals surface area contributed by atoms with Crippen molar-refractivity contribution in [3.63, 3.8) is 0 Å². The van der Waals surface area contributed by atoms with E-state index in [1.807, 2.05) is 30.3 Å². The number of ether oxygens (including phenoxy) is 1. The number of halogens is 4. The molecule has 5 nitrogen and oxygen atoms in total. The molecule has 152 valence electrons. The van der Waals surface area contributed by atoms with Crippen molar-refractivity contribution in [1.82, 2.24) is 4.90 Å². The summed E-state index contributed by atoms with van der Waals surface area (Å²) in [5.41, 5.74) is 4.64. The van der Waals surface area contributed by atoms with Gasteiger partial charge in [0.25, 0.3) is 5.91 Å². The van der Waals surface area contributed by atoms with E-state index in [0.29, 0.717) is 6.42 Å². The van der Waals surface area contributed by atoms with E-state index in [0.717, 1.165) is 28.7 Å². The van der Waals surface area contributed by atoms with Crippen LogP contribution >= 0.6 is 11.6 Å². The second kappa shape index (κ2) is 8.16. The van der Waals surface area contributed by atoms with Crippen LogP contribution in [-0.4, -0.2) is 29.5 Å². The van der Waals surface area contributed by atoms with E-state index < -0.39 is 35.5 Å². The van der Waals surface area contributed by atoms with Gasteiger partial charge in [0.15, 0.2) is 0 Å². The number of alkyl halides is 3. The lowest BCUT2D eigenvalue weighted by Gasteiger charge is -2.18. The van der Waals surface area contributed by atoms with Gasteiger partial charge in [0, 0.05) is 6.08 Å². The summed E-state index contributed by atoms with van der Waals surface area (Å²) >= 11 is 5.78. The topological polar surface area (TPSA) is 72.6 Å². The maximum Gasteiger partial charge on any atom is 0.418 e. The van der Waals surface area contributed by atoms with E-state index >= 15 is 0 Å². The van der Waals surface area contributed by atoms with Crippen LogP contribution in [0.1, 0.15) is 16.7 Å². The number of benzene rings is 2. The number of rotatable bonds is 4. The van der Waals surface area contributed by atoms with Gasteiger partial charge in [-0.05, 0) is 35.8 Å². The third kappa shape index (κ3) is 4.71. The molecule has 2 amide bonds.